The second-order valence-electron chi connectivity index (χ2n) is 26.2. The van der Waals surface area contributed by atoms with Crippen molar-refractivity contribution in [2.75, 3.05) is 47.5 Å². The molecule has 0 bridgehead atoms. The van der Waals surface area contributed by atoms with Crippen LogP contribution in [0.15, 0.2) is 122 Å². The lowest BCUT2D eigenvalue weighted by Gasteiger charge is -2.26. The number of unbranched alkanes of at least 4 members (excludes halogenated alkanes) is 34. The molecule has 0 saturated heterocycles. The molecular formula is C82H141NO8. The van der Waals surface area contributed by atoms with Gasteiger partial charge < -0.3 is 33.3 Å². The number of nitrogens with zero attached hydrogens (tertiary/aromatic N) is 1. The monoisotopic (exact) mass is 1270 g/mol. The largest absolute Gasteiger partial charge is 0.545 e. The lowest BCUT2D eigenvalue weighted by Crippen LogP contribution is -2.44. The average molecular weight is 1270 g/mol. The summed E-state index contributed by atoms with van der Waals surface area (Å²) in [5, 5.41) is 11.9. The fourth-order valence-electron chi connectivity index (χ4n) is 10.5. The highest BCUT2D eigenvalue weighted by Gasteiger charge is 2.22. The Hall–Kier alpha value is -4.31. The Bertz CT molecular complexity index is 1910. The zero-order chi connectivity index (χ0) is 66.1. The van der Waals surface area contributed by atoms with Crippen LogP contribution in [-0.2, 0) is 33.3 Å². The number of esters is 2. The van der Waals surface area contributed by atoms with Gasteiger partial charge in [-0.3, -0.25) is 9.59 Å². The number of carboxylic acid groups (broad SMARTS) is 1. The van der Waals surface area contributed by atoms with Gasteiger partial charge in [0.1, 0.15) is 13.2 Å². The van der Waals surface area contributed by atoms with E-state index in [1.807, 2.05) is 21.1 Å². The van der Waals surface area contributed by atoms with Crippen molar-refractivity contribution in [2.45, 2.75) is 334 Å². The summed E-state index contributed by atoms with van der Waals surface area (Å²) in [7, 11) is 5.94. The number of allylic oxidation sites excluding steroid dienone is 20. The van der Waals surface area contributed by atoms with Gasteiger partial charge in [-0.2, -0.15) is 0 Å². The minimum absolute atomic E-state index is 0.145. The number of ether oxygens (including phenoxy) is 4. The Labute approximate surface area is 561 Å². The maximum absolute atomic E-state index is 13.0. The molecule has 0 radical (unpaired) electrons. The summed E-state index contributed by atoms with van der Waals surface area (Å²) in [4.78, 5) is 37.6. The number of quaternary nitrogens is 1. The number of carboxylic acids is 1. The van der Waals surface area contributed by atoms with E-state index in [2.05, 4.69) is 135 Å². The second-order valence-corrected chi connectivity index (χ2v) is 26.2. The van der Waals surface area contributed by atoms with E-state index in [9.17, 15) is 19.5 Å². The van der Waals surface area contributed by atoms with Crippen molar-refractivity contribution in [1.29, 1.82) is 0 Å². The van der Waals surface area contributed by atoms with E-state index in [1.54, 1.807) is 0 Å². The topological polar surface area (TPSA) is 111 Å². The summed E-state index contributed by atoms with van der Waals surface area (Å²) >= 11 is 0. The van der Waals surface area contributed by atoms with Crippen LogP contribution >= 0.6 is 0 Å². The highest BCUT2D eigenvalue weighted by atomic mass is 16.7. The lowest BCUT2D eigenvalue weighted by molar-refractivity contribution is -0.870. The Morgan fingerprint density at radius 1 is 0.330 bits per heavy atom. The number of rotatable bonds is 69. The smallest absolute Gasteiger partial charge is 0.306 e. The van der Waals surface area contributed by atoms with E-state index in [0.717, 1.165) is 103 Å². The zero-order valence-corrected chi connectivity index (χ0v) is 59.7. The number of carbonyl (C=O) groups is 3. The fourth-order valence-corrected chi connectivity index (χ4v) is 10.5. The quantitative estimate of drug-likeness (QED) is 0.0195. The van der Waals surface area contributed by atoms with Crippen LogP contribution in [0.1, 0.15) is 322 Å². The van der Waals surface area contributed by atoms with E-state index in [0.29, 0.717) is 23.9 Å². The maximum atomic E-state index is 13.0. The molecule has 522 valence electrons. The van der Waals surface area contributed by atoms with E-state index in [4.69, 9.17) is 18.9 Å². The predicted molar refractivity (Wildman–Crippen MR) is 389 cm³/mol. The first-order chi connectivity index (χ1) is 44.6. The molecule has 9 nitrogen and oxygen atoms in total. The molecule has 0 heterocycles. The Morgan fingerprint density at radius 3 is 0.879 bits per heavy atom. The molecule has 9 heteroatoms. The van der Waals surface area contributed by atoms with Crippen LogP contribution in [0.25, 0.3) is 0 Å². The molecule has 0 aromatic rings. The normalized spacial score (nSPS) is 13.4. The summed E-state index contributed by atoms with van der Waals surface area (Å²) in [6.07, 6.45) is 98.7. The number of hydrogen-bond donors (Lipinski definition) is 0. The Balaban J connectivity index is 4.06. The molecule has 91 heavy (non-hydrogen) atoms. The van der Waals surface area contributed by atoms with Gasteiger partial charge in [0, 0.05) is 12.8 Å². The van der Waals surface area contributed by atoms with Gasteiger partial charge in [0.05, 0.1) is 40.3 Å². The highest BCUT2D eigenvalue weighted by Crippen LogP contribution is 2.18. The van der Waals surface area contributed by atoms with Gasteiger partial charge in [-0.15, -0.1) is 0 Å². The average Bonchev–Trinajstić information content (AvgIpc) is 3.46. The van der Waals surface area contributed by atoms with Gasteiger partial charge in [-0.05, 0) is 103 Å². The van der Waals surface area contributed by atoms with Crippen LogP contribution in [0.4, 0.5) is 0 Å². The molecule has 2 atom stereocenters. The molecule has 0 aliphatic carbocycles. The maximum Gasteiger partial charge on any atom is 0.306 e. The number of aliphatic carboxylic acids is 1. The summed E-state index contributed by atoms with van der Waals surface area (Å²) in [6, 6.07) is 0. The van der Waals surface area contributed by atoms with Crippen molar-refractivity contribution in [2.24, 2.45) is 0 Å². The molecule has 0 aliphatic heterocycles. The van der Waals surface area contributed by atoms with Crippen molar-refractivity contribution in [1.82, 2.24) is 0 Å². The van der Waals surface area contributed by atoms with Crippen LogP contribution < -0.4 is 5.11 Å². The van der Waals surface area contributed by atoms with Crippen LogP contribution in [0, 0.1) is 0 Å². The van der Waals surface area contributed by atoms with Crippen LogP contribution in [0.2, 0.25) is 0 Å². The molecule has 2 unspecified atom stereocenters. The van der Waals surface area contributed by atoms with E-state index < -0.39 is 24.3 Å². The van der Waals surface area contributed by atoms with Crippen LogP contribution in [0.5, 0.6) is 0 Å². The van der Waals surface area contributed by atoms with E-state index in [-0.39, 0.29) is 32.2 Å². The molecule has 0 fully saturated rings. The van der Waals surface area contributed by atoms with Gasteiger partial charge in [0.2, 0.25) is 0 Å². The molecule has 0 aromatic carbocycles. The minimum atomic E-state index is -1.63. The van der Waals surface area contributed by atoms with Gasteiger partial charge in [-0.25, -0.2) is 0 Å². The Kier molecular flexibility index (Phi) is 68.1. The molecule has 0 amide bonds. The summed E-state index contributed by atoms with van der Waals surface area (Å²) in [5.41, 5.74) is 0. The third-order valence-electron chi connectivity index (χ3n) is 16.2. The molecule has 0 aliphatic rings. The highest BCUT2D eigenvalue weighted by molar-refractivity contribution is 5.70. The standard InChI is InChI=1S/C82H141NO8/c1-6-8-10-12-14-16-18-20-22-24-26-28-30-32-34-36-38-39-40-41-43-45-47-49-51-53-55-57-59-61-63-65-67-69-71-73-80(85)91-78(77-90-82(81(86)87)88-75-74-83(3,4)5)76-89-79(84)72-70-68-66-64-62-60-58-56-54-52-50-48-46-44-42-37-35-33-31-29-27-25-23-21-19-17-15-13-11-9-7-2/h8-11,14-17,20-23,26-29,32,34,38-39,78,82H,6-7,12-13,18-19,24-25,30-31,33,35-37,40-77H2,1-5H3/b10-8-,11-9-,16-14-,17-15-,22-20-,23-21-,28-26-,29-27-,34-32-,39-38-. The van der Waals surface area contributed by atoms with Crippen molar-refractivity contribution < 1.29 is 42.9 Å². The van der Waals surface area contributed by atoms with Crippen LogP contribution in [0.3, 0.4) is 0 Å². The summed E-state index contributed by atoms with van der Waals surface area (Å²) < 4.78 is 22.9. The van der Waals surface area contributed by atoms with Gasteiger partial charge in [-0.1, -0.05) is 328 Å². The summed E-state index contributed by atoms with van der Waals surface area (Å²) in [5.74, 6) is -2.27. The number of likely N-dealkylation sites (N-methyl/N-ethyl adjacent to an activating group) is 1. The molecule has 0 N–H and O–H groups in total. The van der Waals surface area contributed by atoms with Gasteiger partial charge >= 0.3 is 11.9 Å². The van der Waals surface area contributed by atoms with Crippen molar-refractivity contribution in [3.05, 3.63) is 122 Å². The molecule has 0 saturated carbocycles. The third kappa shape index (κ3) is 73.0. The van der Waals surface area contributed by atoms with Crippen molar-refractivity contribution in [3.63, 3.8) is 0 Å². The number of hydrogen-bond acceptors (Lipinski definition) is 8. The predicted octanol–water partition coefficient (Wildman–Crippen LogP) is 22.6. The van der Waals surface area contributed by atoms with Crippen LogP contribution in [-0.4, -0.2) is 82.3 Å². The number of carbonyl (C=O) groups excluding carboxylic acids is 3. The molecule has 0 rings (SSSR count). The lowest BCUT2D eigenvalue weighted by atomic mass is 10.0. The van der Waals surface area contributed by atoms with Gasteiger partial charge in [0.15, 0.2) is 12.4 Å². The van der Waals surface area contributed by atoms with E-state index in [1.165, 1.54) is 186 Å². The van der Waals surface area contributed by atoms with Gasteiger partial charge in [0.25, 0.3) is 0 Å². The minimum Gasteiger partial charge on any atom is -0.545 e. The second kappa shape index (κ2) is 71.5. The SMILES string of the molecule is CC/C=C\C/C=C\C/C=C\C/C=C\C/C=C\C/C=C\CCCCCCCCCCCCCCCCCCC(=O)OC(COC(=O)CCCCCCCCCCCCCCCCCCCC/C=C\C/C=C\C/C=C\C/C=C\CC)COC(OCC[N+](C)(C)C)C(=O)[O-]. The molecular weight excluding hydrogens is 1130 g/mol. The van der Waals surface area contributed by atoms with Crippen molar-refractivity contribution in [3.8, 4) is 0 Å². The van der Waals surface area contributed by atoms with E-state index >= 15 is 0 Å². The van der Waals surface area contributed by atoms with Crippen molar-refractivity contribution >= 4 is 17.9 Å². The first kappa shape index (κ1) is 86.7. The molecule has 0 aromatic heterocycles. The Morgan fingerprint density at radius 2 is 0.593 bits per heavy atom. The fraction of sp³-hybridized carbons (Fsp3) is 0.720. The first-order valence-corrected chi connectivity index (χ1v) is 37.7. The zero-order valence-electron chi connectivity index (χ0n) is 59.7. The molecule has 0 spiro atoms. The third-order valence-corrected chi connectivity index (χ3v) is 16.2. The first-order valence-electron chi connectivity index (χ1n) is 37.7. The summed E-state index contributed by atoms with van der Waals surface area (Å²) in [6.45, 7) is 4.55.